The van der Waals surface area contributed by atoms with Crippen LogP contribution >= 0.6 is 0 Å². The van der Waals surface area contributed by atoms with Gasteiger partial charge in [-0.05, 0) is 13.3 Å². The lowest BCUT2D eigenvalue weighted by Gasteiger charge is -2.02. The second kappa shape index (κ2) is 5.06. The van der Waals surface area contributed by atoms with Crippen molar-refractivity contribution in [3.05, 3.63) is 0 Å². The maximum atomic E-state index is 10.5. The van der Waals surface area contributed by atoms with Crippen molar-refractivity contribution in [2.45, 2.75) is 26.4 Å². The molecule has 1 atom stereocenters. The van der Waals surface area contributed by atoms with Gasteiger partial charge in [-0.2, -0.15) is 0 Å². The van der Waals surface area contributed by atoms with E-state index in [4.69, 9.17) is 4.74 Å². The monoisotopic (exact) mass is 117 g/mol. The lowest BCUT2D eigenvalue weighted by molar-refractivity contribution is -0.000875. The highest BCUT2D eigenvalue weighted by Crippen LogP contribution is 1.90. The molecule has 2 heteroatoms. The third-order valence-electron chi connectivity index (χ3n) is 0.963. The summed E-state index contributed by atoms with van der Waals surface area (Å²) >= 11 is 0. The Hall–Kier alpha value is -0.0800. The van der Waals surface area contributed by atoms with Crippen molar-refractivity contribution in [3.63, 3.8) is 0 Å². The Kier molecular flexibility index (Phi) is 5.01. The van der Waals surface area contributed by atoms with Crippen LogP contribution in [-0.2, 0) is 9.84 Å². The summed E-state index contributed by atoms with van der Waals surface area (Å²) in [5, 5.41) is 10.5. The molecule has 0 spiro atoms. The Labute approximate surface area is 50.5 Å². The summed E-state index contributed by atoms with van der Waals surface area (Å²) < 4.78 is 4.87. The third kappa shape index (κ3) is 4.09. The van der Waals surface area contributed by atoms with Crippen LogP contribution in [-0.4, -0.2) is 19.3 Å². The molecule has 0 amide bonds. The molecule has 0 aliphatic heterocycles. The predicted octanol–water partition coefficient (Wildman–Crippen LogP) is 1.23. The molecule has 0 rings (SSSR count). The number of hydrogen-bond donors (Lipinski definition) is 0. The first-order chi connectivity index (χ1) is 3.81. The molecule has 0 fully saturated rings. The fourth-order valence-electron chi connectivity index (χ4n) is 0.367. The molecule has 0 heterocycles. The van der Waals surface area contributed by atoms with E-state index in [2.05, 4.69) is 0 Å². The van der Waals surface area contributed by atoms with Gasteiger partial charge in [0.05, 0.1) is 6.61 Å². The minimum atomic E-state index is -0.519. The summed E-state index contributed by atoms with van der Waals surface area (Å²) in [6.45, 7) is 4.78. The summed E-state index contributed by atoms with van der Waals surface area (Å²) in [6.07, 6.45) is 0.148. The van der Waals surface area contributed by atoms with E-state index in [9.17, 15) is 5.11 Å². The van der Waals surface area contributed by atoms with E-state index in [0.717, 1.165) is 0 Å². The van der Waals surface area contributed by atoms with Crippen molar-refractivity contribution >= 4 is 0 Å². The van der Waals surface area contributed by atoms with Gasteiger partial charge in [0.15, 0.2) is 0 Å². The van der Waals surface area contributed by atoms with Crippen LogP contribution in [0.2, 0.25) is 0 Å². The zero-order valence-corrected chi connectivity index (χ0v) is 5.52. The van der Waals surface area contributed by atoms with Crippen molar-refractivity contribution in [3.8, 4) is 0 Å². The maximum absolute atomic E-state index is 10.5. The molecular formula is C6H13O2. The number of hydrogen-bond acceptors (Lipinski definition) is 1. The van der Waals surface area contributed by atoms with Crippen molar-refractivity contribution in [1.29, 1.82) is 0 Å². The normalized spacial score (nSPS) is 13.9. The van der Waals surface area contributed by atoms with Crippen molar-refractivity contribution in [2.24, 2.45) is 0 Å². The Morgan fingerprint density at radius 3 is 2.50 bits per heavy atom. The number of rotatable bonds is 4. The molecule has 0 aliphatic rings. The van der Waals surface area contributed by atoms with Gasteiger partial charge in [0, 0.05) is 6.61 Å². The molecule has 0 saturated heterocycles. The van der Waals surface area contributed by atoms with E-state index in [0.29, 0.717) is 19.6 Å². The van der Waals surface area contributed by atoms with Crippen LogP contribution < -0.4 is 0 Å². The van der Waals surface area contributed by atoms with E-state index in [1.807, 2.05) is 13.8 Å². The highest BCUT2D eigenvalue weighted by Gasteiger charge is 1.99. The topological polar surface area (TPSA) is 29.1 Å². The van der Waals surface area contributed by atoms with Crippen LogP contribution in [0.4, 0.5) is 0 Å². The maximum Gasteiger partial charge on any atom is 0.116 e. The quantitative estimate of drug-likeness (QED) is 0.544. The zero-order valence-electron chi connectivity index (χ0n) is 5.52. The van der Waals surface area contributed by atoms with Gasteiger partial charge in [-0.15, -0.1) is 0 Å². The minimum absolute atomic E-state index is 0.368. The Morgan fingerprint density at radius 2 is 2.12 bits per heavy atom. The minimum Gasteiger partial charge on any atom is -0.379 e. The molecule has 0 N–H and O–H groups in total. The van der Waals surface area contributed by atoms with Gasteiger partial charge < -0.3 is 4.74 Å². The van der Waals surface area contributed by atoms with Crippen LogP contribution in [0, 0.1) is 0 Å². The molecular weight excluding hydrogens is 104 g/mol. The van der Waals surface area contributed by atoms with Crippen LogP contribution in [0.3, 0.4) is 0 Å². The molecule has 8 heavy (non-hydrogen) atoms. The largest absolute Gasteiger partial charge is 0.379 e. The van der Waals surface area contributed by atoms with Crippen LogP contribution in [0.15, 0.2) is 0 Å². The SMILES string of the molecule is CCOCC([O])CC. The summed E-state index contributed by atoms with van der Waals surface area (Å²) in [6, 6.07) is 0. The smallest absolute Gasteiger partial charge is 0.116 e. The molecule has 0 aromatic rings. The highest BCUT2D eigenvalue weighted by molar-refractivity contribution is 4.46. The second-order valence-electron chi connectivity index (χ2n) is 1.69. The molecule has 1 unspecified atom stereocenters. The second-order valence-corrected chi connectivity index (χ2v) is 1.69. The Balaban J connectivity index is 2.86. The van der Waals surface area contributed by atoms with E-state index < -0.39 is 6.10 Å². The van der Waals surface area contributed by atoms with E-state index in [-0.39, 0.29) is 0 Å². The fourth-order valence-corrected chi connectivity index (χ4v) is 0.367. The standard InChI is InChI=1S/C6H13O2/c1-3-6(7)5-8-4-2/h6H,3-5H2,1-2H3. The highest BCUT2D eigenvalue weighted by atomic mass is 16.5. The fraction of sp³-hybridized carbons (Fsp3) is 1.00. The molecule has 0 aliphatic carbocycles. The molecule has 0 aromatic carbocycles. The van der Waals surface area contributed by atoms with Crippen molar-refractivity contribution in [1.82, 2.24) is 0 Å². The first-order valence-corrected chi connectivity index (χ1v) is 3.04. The van der Waals surface area contributed by atoms with E-state index >= 15 is 0 Å². The average Bonchev–Trinajstić information content (AvgIpc) is 1.83. The van der Waals surface area contributed by atoms with Gasteiger partial charge in [0.25, 0.3) is 0 Å². The lowest BCUT2D eigenvalue weighted by atomic mass is 10.3. The summed E-state index contributed by atoms with van der Waals surface area (Å²) in [4.78, 5) is 0. The molecule has 0 aromatic heterocycles. The van der Waals surface area contributed by atoms with Crippen molar-refractivity contribution in [2.75, 3.05) is 13.2 Å². The first kappa shape index (κ1) is 7.92. The molecule has 1 radical (unpaired) electrons. The van der Waals surface area contributed by atoms with Gasteiger partial charge in [0.1, 0.15) is 6.10 Å². The molecule has 2 nitrogen and oxygen atoms in total. The third-order valence-corrected chi connectivity index (χ3v) is 0.963. The Morgan fingerprint density at radius 1 is 1.50 bits per heavy atom. The summed E-state index contributed by atoms with van der Waals surface area (Å²) in [7, 11) is 0. The number of ether oxygens (including phenoxy) is 1. The van der Waals surface area contributed by atoms with Crippen LogP contribution in [0.25, 0.3) is 0 Å². The van der Waals surface area contributed by atoms with Gasteiger partial charge in [-0.3, -0.25) is 0 Å². The molecule has 49 valence electrons. The Bertz CT molecular complexity index is 45.8. The van der Waals surface area contributed by atoms with E-state index in [1.165, 1.54) is 0 Å². The van der Waals surface area contributed by atoms with Gasteiger partial charge in [0.2, 0.25) is 0 Å². The average molecular weight is 117 g/mol. The van der Waals surface area contributed by atoms with Gasteiger partial charge in [-0.1, -0.05) is 6.92 Å². The zero-order chi connectivity index (χ0) is 6.41. The van der Waals surface area contributed by atoms with Crippen LogP contribution in [0.1, 0.15) is 20.3 Å². The van der Waals surface area contributed by atoms with Gasteiger partial charge >= 0.3 is 0 Å². The van der Waals surface area contributed by atoms with E-state index in [1.54, 1.807) is 0 Å². The summed E-state index contributed by atoms with van der Waals surface area (Å²) in [5.41, 5.74) is 0. The van der Waals surface area contributed by atoms with Crippen LogP contribution in [0.5, 0.6) is 0 Å². The first-order valence-electron chi connectivity index (χ1n) is 3.04. The predicted molar refractivity (Wildman–Crippen MR) is 31.3 cm³/mol. The summed E-state index contributed by atoms with van der Waals surface area (Å²) in [5.74, 6) is 0. The molecule has 0 bridgehead atoms. The molecule has 0 saturated carbocycles. The lowest BCUT2D eigenvalue weighted by Crippen LogP contribution is -2.11. The van der Waals surface area contributed by atoms with Crippen molar-refractivity contribution < 1.29 is 9.84 Å². The van der Waals surface area contributed by atoms with Gasteiger partial charge in [-0.25, -0.2) is 5.11 Å².